The first kappa shape index (κ1) is 19.6. The molecule has 4 rings (SSSR count). The minimum Gasteiger partial charge on any atom is -0.481 e. The Bertz CT molecular complexity index is 1170. The van der Waals surface area contributed by atoms with Crippen molar-refractivity contribution in [2.24, 2.45) is 7.05 Å². The molecule has 0 saturated heterocycles. The molecule has 1 aliphatic rings. The standard InChI is InChI=1S/C21H17F2N3O4/c1-26-18(25-20(29)30)15(10-24-26)14-9-16(22)13(8-17(14)23)11-2-4-12(5-3-11)21(6-7-21)19(27)28/h2-5,8-10,25H,6-7H2,1H3,(H,27,28)(H,29,30). The number of hydrogen-bond acceptors (Lipinski definition) is 3. The van der Waals surface area contributed by atoms with Crippen molar-refractivity contribution in [2.45, 2.75) is 18.3 Å². The quantitative estimate of drug-likeness (QED) is 0.580. The molecule has 7 nitrogen and oxygen atoms in total. The number of nitrogens with zero attached hydrogens (tertiary/aromatic N) is 2. The third kappa shape index (κ3) is 3.18. The number of halogens is 2. The fourth-order valence-corrected chi connectivity index (χ4v) is 3.58. The Morgan fingerprint density at radius 3 is 2.20 bits per heavy atom. The van der Waals surface area contributed by atoms with Crippen LogP contribution in [-0.2, 0) is 17.3 Å². The van der Waals surface area contributed by atoms with E-state index in [1.807, 2.05) is 0 Å². The van der Waals surface area contributed by atoms with E-state index in [-0.39, 0.29) is 22.5 Å². The van der Waals surface area contributed by atoms with E-state index in [4.69, 9.17) is 5.11 Å². The topological polar surface area (TPSA) is 104 Å². The van der Waals surface area contributed by atoms with Gasteiger partial charge < -0.3 is 10.2 Å². The van der Waals surface area contributed by atoms with Crippen LogP contribution in [0.2, 0.25) is 0 Å². The summed E-state index contributed by atoms with van der Waals surface area (Å²) in [5.74, 6) is -2.33. The molecule has 154 valence electrons. The Kier molecular flexibility index (Phi) is 4.53. The number of amides is 1. The molecular weight excluding hydrogens is 396 g/mol. The SMILES string of the molecule is Cn1ncc(-c2cc(F)c(-c3ccc(C4(C(=O)O)CC4)cc3)cc2F)c1NC(=O)O. The molecule has 0 unspecified atom stereocenters. The number of carboxylic acids is 1. The van der Waals surface area contributed by atoms with Crippen molar-refractivity contribution in [2.75, 3.05) is 5.32 Å². The highest BCUT2D eigenvalue weighted by molar-refractivity contribution is 5.89. The average Bonchev–Trinajstić information content (AvgIpc) is 3.44. The lowest BCUT2D eigenvalue weighted by atomic mass is 9.93. The summed E-state index contributed by atoms with van der Waals surface area (Å²) in [7, 11) is 1.47. The van der Waals surface area contributed by atoms with E-state index in [2.05, 4.69) is 10.4 Å². The molecule has 0 radical (unpaired) electrons. The van der Waals surface area contributed by atoms with Crippen molar-refractivity contribution in [3.8, 4) is 22.3 Å². The molecule has 30 heavy (non-hydrogen) atoms. The number of rotatable bonds is 5. The van der Waals surface area contributed by atoms with Crippen molar-refractivity contribution >= 4 is 17.9 Å². The van der Waals surface area contributed by atoms with E-state index in [9.17, 15) is 23.5 Å². The fourth-order valence-electron chi connectivity index (χ4n) is 3.58. The predicted octanol–water partition coefficient (Wildman–Crippen LogP) is 4.24. The van der Waals surface area contributed by atoms with Gasteiger partial charge in [0.15, 0.2) is 0 Å². The summed E-state index contributed by atoms with van der Waals surface area (Å²) < 4.78 is 30.9. The lowest BCUT2D eigenvalue weighted by molar-refractivity contribution is -0.140. The van der Waals surface area contributed by atoms with Gasteiger partial charge >= 0.3 is 12.1 Å². The molecule has 0 atom stereocenters. The van der Waals surface area contributed by atoms with Gasteiger partial charge in [-0.3, -0.25) is 14.8 Å². The monoisotopic (exact) mass is 413 g/mol. The molecule has 1 saturated carbocycles. The normalized spacial score (nSPS) is 14.4. The number of carbonyl (C=O) groups is 2. The van der Waals surface area contributed by atoms with Gasteiger partial charge in [-0.05, 0) is 36.1 Å². The molecule has 9 heteroatoms. The van der Waals surface area contributed by atoms with Gasteiger partial charge in [-0.25, -0.2) is 13.6 Å². The summed E-state index contributed by atoms with van der Waals surface area (Å²) in [6, 6.07) is 8.40. The lowest BCUT2D eigenvalue weighted by Crippen LogP contribution is -2.19. The third-order valence-corrected chi connectivity index (χ3v) is 5.42. The van der Waals surface area contributed by atoms with Gasteiger partial charge in [-0.1, -0.05) is 24.3 Å². The Morgan fingerprint density at radius 2 is 1.63 bits per heavy atom. The summed E-state index contributed by atoms with van der Waals surface area (Å²) in [6.45, 7) is 0. The van der Waals surface area contributed by atoms with Gasteiger partial charge in [0, 0.05) is 23.7 Å². The van der Waals surface area contributed by atoms with Gasteiger partial charge in [0.25, 0.3) is 0 Å². The van der Waals surface area contributed by atoms with Gasteiger partial charge in [-0.15, -0.1) is 0 Å². The maximum Gasteiger partial charge on any atom is 0.410 e. The number of nitrogens with one attached hydrogen (secondary N) is 1. The Morgan fingerprint density at radius 1 is 1.03 bits per heavy atom. The second-order valence-electron chi connectivity index (χ2n) is 7.24. The summed E-state index contributed by atoms with van der Waals surface area (Å²) >= 11 is 0. The molecule has 0 aliphatic heterocycles. The van der Waals surface area contributed by atoms with E-state index >= 15 is 0 Å². The number of aryl methyl sites for hydroxylation is 1. The van der Waals surface area contributed by atoms with Crippen LogP contribution in [0.1, 0.15) is 18.4 Å². The molecule has 0 spiro atoms. The molecule has 1 amide bonds. The van der Waals surface area contributed by atoms with Crippen LogP contribution in [0.3, 0.4) is 0 Å². The third-order valence-electron chi connectivity index (χ3n) is 5.42. The number of benzene rings is 2. The van der Waals surface area contributed by atoms with Crippen molar-refractivity contribution in [1.82, 2.24) is 9.78 Å². The van der Waals surface area contributed by atoms with Crippen molar-refractivity contribution in [3.63, 3.8) is 0 Å². The molecule has 3 aromatic rings. The lowest BCUT2D eigenvalue weighted by Gasteiger charge is -2.12. The Labute approximate surface area is 169 Å². The van der Waals surface area contributed by atoms with Gasteiger partial charge in [0.2, 0.25) is 0 Å². The minimum absolute atomic E-state index is 0.0135. The molecule has 1 fully saturated rings. The van der Waals surface area contributed by atoms with Crippen LogP contribution in [0.25, 0.3) is 22.3 Å². The van der Waals surface area contributed by atoms with Crippen LogP contribution in [0.15, 0.2) is 42.6 Å². The summed E-state index contributed by atoms with van der Waals surface area (Å²) in [4.78, 5) is 22.4. The smallest absolute Gasteiger partial charge is 0.410 e. The van der Waals surface area contributed by atoms with Gasteiger partial charge in [0.05, 0.1) is 11.6 Å². The van der Waals surface area contributed by atoms with E-state index in [0.29, 0.717) is 24.0 Å². The van der Waals surface area contributed by atoms with Crippen molar-refractivity contribution in [3.05, 3.63) is 59.8 Å². The van der Waals surface area contributed by atoms with Crippen LogP contribution in [0, 0.1) is 11.6 Å². The fraction of sp³-hybridized carbons (Fsp3) is 0.190. The molecule has 1 heterocycles. The second-order valence-corrected chi connectivity index (χ2v) is 7.24. The first-order valence-electron chi connectivity index (χ1n) is 9.08. The van der Waals surface area contributed by atoms with E-state index in [0.717, 1.165) is 12.1 Å². The van der Waals surface area contributed by atoms with Gasteiger partial charge in [-0.2, -0.15) is 5.10 Å². The van der Waals surface area contributed by atoms with Crippen molar-refractivity contribution in [1.29, 1.82) is 0 Å². The highest BCUT2D eigenvalue weighted by atomic mass is 19.1. The minimum atomic E-state index is -1.35. The Hall–Kier alpha value is -3.75. The van der Waals surface area contributed by atoms with Crippen LogP contribution >= 0.6 is 0 Å². The molecule has 1 aliphatic carbocycles. The summed E-state index contributed by atoms with van der Waals surface area (Å²) in [6.07, 6.45) is 1.000. The maximum absolute atomic E-state index is 14.9. The largest absolute Gasteiger partial charge is 0.481 e. The molecule has 0 bridgehead atoms. The van der Waals surface area contributed by atoms with E-state index in [1.54, 1.807) is 24.3 Å². The zero-order valence-electron chi connectivity index (χ0n) is 15.8. The second kappa shape index (κ2) is 6.94. The number of hydrogen-bond donors (Lipinski definition) is 3. The maximum atomic E-state index is 14.9. The number of aliphatic carboxylic acids is 1. The summed E-state index contributed by atoms with van der Waals surface area (Å²) in [5, 5.41) is 24.4. The van der Waals surface area contributed by atoms with Crippen LogP contribution < -0.4 is 5.32 Å². The highest BCUT2D eigenvalue weighted by Crippen LogP contribution is 2.48. The number of carboxylic acid groups (broad SMARTS) is 2. The molecule has 2 aromatic carbocycles. The van der Waals surface area contributed by atoms with E-state index < -0.39 is 29.1 Å². The van der Waals surface area contributed by atoms with E-state index in [1.165, 1.54) is 17.9 Å². The molecular formula is C21H17F2N3O4. The zero-order valence-corrected chi connectivity index (χ0v) is 15.8. The molecule has 3 N–H and O–H groups in total. The summed E-state index contributed by atoms with van der Waals surface area (Å²) in [5.41, 5.74) is 0.150. The first-order chi connectivity index (χ1) is 14.2. The van der Waals surface area contributed by atoms with Gasteiger partial charge in [0.1, 0.15) is 17.5 Å². The van der Waals surface area contributed by atoms with Crippen LogP contribution in [-0.4, -0.2) is 32.1 Å². The molecule has 1 aromatic heterocycles. The van der Waals surface area contributed by atoms with Crippen LogP contribution in [0.5, 0.6) is 0 Å². The van der Waals surface area contributed by atoms with Crippen LogP contribution in [0.4, 0.5) is 19.4 Å². The number of anilines is 1. The first-order valence-corrected chi connectivity index (χ1v) is 9.08. The highest BCUT2D eigenvalue weighted by Gasteiger charge is 2.51. The number of aromatic nitrogens is 2. The Balaban J connectivity index is 1.71. The zero-order chi connectivity index (χ0) is 21.6. The van der Waals surface area contributed by atoms with Crippen molar-refractivity contribution < 1.29 is 28.6 Å². The predicted molar refractivity (Wildman–Crippen MR) is 104 cm³/mol. The average molecular weight is 413 g/mol.